The lowest BCUT2D eigenvalue weighted by Gasteiger charge is -2.50. The summed E-state index contributed by atoms with van der Waals surface area (Å²) in [7, 11) is 3.14. The van der Waals surface area contributed by atoms with E-state index in [1.807, 2.05) is 51.1 Å². The van der Waals surface area contributed by atoms with Crippen molar-refractivity contribution in [2.45, 2.75) is 45.8 Å². The van der Waals surface area contributed by atoms with E-state index in [2.05, 4.69) is 38.5 Å². The molecule has 6 rings (SSSR count). The molecule has 0 amide bonds. The molecule has 0 aliphatic carbocycles. The number of carboxylic acids is 1. The Morgan fingerprint density at radius 1 is 1.20 bits per heavy atom. The molecule has 7 nitrogen and oxygen atoms in total. The number of methoxy groups -OCH3 is 2. The van der Waals surface area contributed by atoms with Crippen LogP contribution in [0.1, 0.15) is 46.8 Å². The summed E-state index contributed by atoms with van der Waals surface area (Å²) in [6.07, 6.45) is 6.70. The van der Waals surface area contributed by atoms with Gasteiger partial charge in [0.2, 0.25) is 0 Å². The van der Waals surface area contributed by atoms with Gasteiger partial charge in [0.15, 0.2) is 0 Å². The summed E-state index contributed by atoms with van der Waals surface area (Å²) >= 11 is 3.50. The van der Waals surface area contributed by atoms with Gasteiger partial charge in [0, 0.05) is 34.2 Å². The Labute approximate surface area is 250 Å². The van der Waals surface area contributed by atoms with Crippen molar-refractivity contribution in [1.82, 2.24) is 9.88 Å². The Hall–Kier alpha value is -3.20. The van der Waals surface area contributed by atoms with Gasteiger partial charge in [-0.15, -0.1) is 6.58 Å². The topological polar surface area (TPSA) is 92.1 Å². The molecule has 4 heterocycles. The van der Waals surface area contributed by atoms with Crippen LogP contribution in [0.3, 0.4) is 0 Å². The number of halogens is 1. The van der Waals surface area contributed by atoms with Crippen LogP contribution in [-0.2, 0) is 9.53 Å². The SMILES string of the molecule is C=CC1CN2CCC1CC2C(O)c1ccnc2ccc(OC)cc12.CO/C(=C\C(=O)O)c1c(C)cc(C)c(Br)c1C. The maximum atomic E-state index is 11.2. The van der Waals surface area contributed by atoms with Crippen molar-refractivity contribution >= 4 is 38.6 Å². The minimum absolute atomic E-state index is 0.178. The molecule has 218 valence electrons. The van der Waals surface area contributed by atoms with E-state index >= 15 is 0 Å². The van der Waals surface area contributed by atoms with Crippen LogP contribution in [0.15, 0.2) is 59.7 Å². The van der Waals surface area contributed by atoms with Gasteiger partial charge >= 0.3 is 5.97 Å². The second kappa shape index (κ2) is 13.2. The highest BCUT2D eigenvalue weighted by Gasteiger charge is 2.42. The van der Waals surface area contributed by atoms with E-state index in [0.717, 1.165) is 74.5 Å². The first-order chi connectivity index (χ1) is 19.6. The zero-order valence-electron chi connectivity index (χ0n) is 24.4. The minimum Gasteiger partial charge on any atom is -0.497 e. The number of carbonyl (C=O) groups is 1. The zero-order valence-corrected chi connectivity index (χ0v) is 25.9. The molecule has 2 aromatic carbocycles. The van der Waals surface area contributed by atoms with E-state index in [1.54, 1.807) is 13.3 Å². The highest BCUT2D eigenvalue weighted by Crippen LogP contribution is 2.42. The number of hydrogen-bond donors (Lipinski definition) is 2. The third kappa shape index (κ3) is 6.50. The van der Waals surface area contributed by atoms with Gasteiger partial charge in [0.25, 0.3) is 0 Å². The normalized spacial score (nSPS) is 22.5. The molecule has 5 unspecified atom stereocenters. The summed E-state index contributed by atoms with van der Waals surface area (Å²) < 4.78 is 11.5. The number of piperidine rings is 3. The first-order valence-electron chi connectivity index (χ1n) is 13.8. The second-order valence-corrected chi connectivity index (χ2v) is 11.6. The molecule has 41 heavy (non-hydrogen) atoms. The predicted molar refractivity (Wildman–Crippen MR) is 166 cm³/mol. The average Bonchev–Trinajstić information content (AvgIpc) is 2.98. The van der Waals surface area contributed by atoms with Crippen LogP contribution in [0.4, 0.5) is 0 Å². The molecule has 8 heteroatoms. The van der Waals surface area contributed by atoms with E-state index in [0.29, 0.717) is 17.6 Å². The molecular weight excluding hydrogens is 584 g/mol. The van der Waals surface area contributed by atoms with Crippen LogP contribution < -0.4 is 4.74 Å². The molecular formula is C33H39BrN2O5. The van der Waals surface area contributed by atoms with Crippen LogP contribution in [0.5, 0.6) is 5.75 Å². The van der Waals surface area contributed by atoms with Crippen molar-refractivity contribution in [3.8, 4) is 5.75 Å². The van der Waals surface area contributed by atoms with Gasteiger partial charge in [-0.25, -0.2) is 4.79 Å². The van der Waals surface area contributed by atoms with E-state index < -0.39 is 12.1 Å². The molecule has 3 aliphatic heterocycles. The Morgan fingerprint density at radius 3 is 2.56 bits per heavy atom. The lowest BCUT2D eigenvalue weighted by Crippen LogP contribution is -2.54. The molecule has 0 radical (unpaired) electrons. The van der Waals surface area contributed by atoms with Crippen molar-refractivity contribution in [2.24, 2.45) is 11.8 Å². The van der Waals surface area contributed by atoms with Crippen LogP contribution in [-0.4, -0.2) is 59.4 Å². The average molecular weight is 624 g/mol. The van der Waals surface area contributed by atoms with Gasteiger partial charge < -0.3 is 19.7 Å². The molecule has 2 N–H and O–H groups in total. The number of hydrogen-bond acceptors (Lipinski definition) is 6. The molecule has 3 aliphatic rings. The summed E-state index contributed by atoms with van der Waals surface area (Å²) in [5, 5.41) is 20.9. The quantitative estimate of drug-likeness (QED) is 0.174. The third-order valence-corrected chi connectivity index (χ3v) is 9.64. The van der Waals surface area contributed by atoms with E-state index in [4.69, 9.17) is 14.6 Å². The highest BCUT2D eigenvalue weighted by molar-refractivity contribution is 9.10. The number of nitrogens with zero attached hydrogens (tertiary/aromatic N) is 2. The number of ether oxygens (including phenoxy) is 2. The molecule has 3 fully saturated rings. The van der Waals surface area contributed by atoms with E-state index in [-0.39, 0.29) is 6.04 Å². The van der Waals surface area contributed by atoms with Gasteiger partial charge in [-0.3, -0.25) is 9.88 Å². The van der Waals surface area contributed by atoms with E-state index in [9.17, 15) is 9.90 Å². The molecule has 1 aromatic heterocycles. The number of aliphatic carboxylic acids is 1. The summed E-state index contributed by atoms with van der Waals surface area (Å²) in [4.78, 5) is 17.6. The molecule has 0 saturated carbocycles. The summed E-state index contributed by atoms with van der Waals surface area (Å²) in [5.41, 5.74) is 5.77. The molecule has 0 spiro atoms. The van der Waals surface area contributed by atoms with Crippen LogP contribution >= 0.6 is 15.9 Å². The monoisotopic (exact) mass is 622 g/mol. The maximum Gasteiger partial charge on any atom is 0.332 e. The van der Waals surface area contributed by atoms with Crippen LogP contribution in [0, 0.1) is 32.6 Å². The Balaban J connectivity index is 0.000000202. The lowest BCUT2D eigenvalue weighted by molar-refractivity contribution is -0.131. The fraction of sp³-hybridized carbons (Fsp3) is 0.394. The largest absolute Gasteiger partial charge is 0.497 e. The maximum absolute atomic E-state index is 11.2. The van der Waals surface area contributed by atoms with Gasteiger partial charge in [-0.1, -0.05) is 28.1 Å². The number of rotatable bonds is 7. The third-order valence-electron chi connectivity index (χ3n) is 8.42. The van der Waals surface area contributed by atoms with Gasteiger partial charge in [0.1, 0.15) is 11.5 Å². The number of carboxylic acid groups (broad SMARTS) is 1. The number of aliphatic hydroxyl groups is 1. The highest BCUT2D eigenvalue weighted by atomic mass is 79.9. The Morgan fingerprint density at radius 2 is 1.95 bits per heavy atom. The van der Waals surface area contributed by atoms with Gasteiger partial charge in [-0.2, -0.15) is 0 Å². The standard InChI is InChI=1S/C20H24N2O2.C13H15BrO3/c1-3-13-12-22-9-7-14(13)10-19(22)20(23)16-6-8-21-18-5-4-15(24-2)11-17(16)18;1-7-5-8(2)13(14)9(3)12(7)10(17-4)6-11(15)16/h3-6,8,11,13-14,19-20,23H,1,7,9-10,12H2,2H3;5-6H,1-4H3,(H,15,16)/b;10-6-. The lowest BCUT2D eigenvalue weighted by atomic mass is 9.73. The number of aromatic nitrogens is 1. The molecule has 2 bridgehead atoms. The predicted octanol–water partition coefficient (Wildman–Crippen LogP) is 6.62. The molecule has 5 atom stereocenters. The van der Waals surface area contributed by atoms with E-state index in [1.165, 1.54) is 13.5 Å². The summed E-state index contributed by atoms with van der Waals surface area (Å²) in [6.45, 7) is 11.9. The van der Waals surface area contributed by atoms with Crippen molar-refractivity contribution in [2.75, 3.05) is 27.3 Å². The Kier molecular flexibility index (Phi) is 9.89. The van der Waals surface area contributed by atoms with Crippen LogP contribution in [0.2, 0.25) is 0 Å². The van der Waals surface area contributed by atoms with Crippen molar-refractivity contribution < 1.29 is 24.5 Å². The zero-order chi connectivity index (χ0) is 29.8. The smallest absolute Gasteiger partial charge is 0.332 e. The number of aliphatic hydroxyl groups excluding tert-OH is 1. The number of pyridine rings is 1. The second-order valence-electron chi connectivity index (χ2n) is 10.8. The van der Waals surface area contributed by atoms with Gasteiger partial charge in [-0.05, 0) is 98.5 Å². The number of aryl methyl sites for hydroxylation is 2. The molecule has 3 aromatic rings. The summed E-state index contributed by atoms with van der Waals surface area (Å²) in [6, 6.07) is 9.96. The first-order valence-corrected chi connectivity index (χ1v) is 14.6. The van der Waals surface area contributed by atoms with Crippen molar-refractivity contribution in [1.29, 1.82) is 0 Å². The summed E-state index contributed by atoms with van der Waals surface area (Å²) in [5.74, 6) is 1.36. The fourth-order valence-electron chi connectivity index (χ4n) is 6.33. The first kappa shape index (κ1) is 30.8. The minimum atomic E-state index is -1.02. The number of fused-ring (bicyclic) bond motifs is 4. The number of benzene rings is 2. The Bertz CT molecular complexity index is 1470. The molecule has 3 saturated heterocycles. The van der Waals surface area contributed by atoms with Crippen molar-refractivity contribution in [3.05, 3.63) is 87.5 Å². The fourth-order valence-corrected chi connectivity index (χ4v) is 6.64. The van der Waals surface area contributed by atoms with Crippen LogP contribution in [0.25, 0.3) is 16.7 Å². The van der Waals surface area contributed by atoms with Crippen molar-refractivity contribution in [3.63, 3.8) is 0 Å². The van der Waals surface area contributed by atoms with Gasteiger partial charge in [0.05, 0.1) is 31.9 Å².